The molecule has 1 unspecified atom stereocenters. The molecular formula is C10H11Br2NO4S2. The van der Waals surface area contributed by atoms with Crippen molar-refractivity contribution in [3.63, 3.8) is 0 Å². The summed E-state index contributed by atoms with van der Waals surface area (Å²) in [6.07, 6.45) is 0.606. The largest absolute Gasteiger partial charge is 0.481 e. The third-order valence-electron chi connectivity index (χ3n) is 2.96. The molecule has 0 bridgehead atoms. The number of carboxylic acids is 1. The van der Waals surface area contributed by atoms with Crippen LogP contribution in [0.4, 0.5) is 0 Å². The molecule has 19 heavy (non-hydrogen) atoms. The highest BCUT2D eigenvalue weighted by atomic mass is 79.9. The molecule has 0 spiro atoms. The summed E-state index contributed by atoms with van der Waals surface area (Å²) in [7, 11) is -3.54. The van der Waals surface area contributed by atoms with E-state index in [1.54, 1.807) is 6.07 Å². The van der Waals surface area contributed by atoms with E-state index in [9.17, 15) is 13.2 Å². The van der Waals surface area contributed by atoms with Crippen molar-refractivity contribution in [3.05, 3.63) is 13.6 Å². The minimum absolute atomic E-state index is 0.0144. The Bertz CT molecular complexity index is 599. The number of carbonyl (C=O) groups is 1. The molecule has 106 valence electrons. The van der Waals surface area contributed by atoms with Crippen LogP contribution >= 0.6 is 43.2 Å². The Morgan fingerprint density at radius 3 is 2.74 bits per heavy atom. The number of carboxylic acid groups (broad SMARTS) is 1. The van der Waals surface area contributed by atoms with Crippen molar-refractivity contribution >= 4 is 59.2 Å². The second kappa shape index (κ2) is 5.80. The Morgan fingerprint density at radius 1 is 1.53 bits per heavy atom. The SMILES string of the molecule is O=C(O)CC1CCN(S(=O)(=O)c2cc(Br)sc2Br)C1. The molecule has 1 fully saturated rings. The molecule has 1 aliphatic heterocycles. The molecule has 1 N–H and O–H groups in total. The molecule has 0 amide bonds. The fourth-order valence-corrected chi connectivity index (χ4v) is 7.36. The second-order valence-electron chi connectivity index (χ2n) is 4.30. The molecule has 9 heteroatoms. The Morgan fingerprint density at radius 2 is 2.21 bits per heavy atom. The van der Waals surface area contributed by atoms with E-state index in [0.29, 0.717) is 16.8 Å². The first-order valence-electron chi connectivity index (χ1n) is 5.47. The average molecular weight is 433 g/mol. The van der Waals surface area contributed by atoms with Gasteiger partial charge in [0.1, 0.15) is 4.90 Å². The van der Waals surface area contributed by atoms with Gasteiger partial charge in [-0.1, -0.05) is 0 Å². The van der Waals surface area contributed by atoms with Gasteiger partial charge in [-0.25, -0.2) is 8.42 Å². The van der Waals surface area contributed by atoms with Gasteiger partial charge in [0.15, 0.2) is 0 Å². The van der Waals surface area contributed by atoms with Crippen LogP contribution in [0.25, 0.3) is 0 Å². The highest BCUT2D eigenvalue weighted by Crippen LogP contribution is 2.37. The molecule has 1 aromatic rings. The van der Waals surface area contributed by atoms with Crippen molar-refractivity contribution in [3.8, 4) is 0 Å². The van der Waals surface area contributed by atoms with Gasteiger partial charge in [0, 0.05) is 19.5 Å². The van der Waals surface area contributed by atoms with E-state index < -0.39 is 16.0 Å². The molecule has 0 aliphatic carbocycles. The molecule has 0 saturated carbocycles. The molecular weight excluding hydrogens is 422 g/mol. The Labute approximate surface area is 131 Å². The molecule has 1 atom stereocenters. The zero-order valence-electron chi connectivity index (χ0n) is 9.67. The third kappa shape index (κ3) is 3.38. The summed E-state index contributed by atoms with van der Waals surface area (Å²) in [4.78, 5) is 10.9. The topological polar surface area (TPSA) is 74.7 Å². The summed E-state index contributed by atoms with van der Waals surface area (Å²) < 4.78 is 27.5. The minimum atomic E-state index is -3.54. The summed E-state index contributed by atoms with van der Waals surface area (Å²) in [5.41, 5.74) is 0. The molecule has 5 nitrogen and oxygen atoms in total. The van der Waals surface area contributed by atoms with Crippen LogP contribution in [0.5, 0.6) is 0 Å². The number of thiophene rings is 1. The van der Waals surface area contributed by atoms with Gasteiger partial charge < -0.3 is 5.11 Å². The molecule has 1 saturated heterocycles. The van der Waals surface area contributed by atoms with E-state index in [0.717, 1.165) is 3.79 Å². The normalized spacial score (nSPS) is 20.8. The molecule has 1 aliphatic rings. The van der Waals surface area contributed by atoms with Crippen LogP contribution in [0.15, 0.2) is 18.5 Å². The maximum absolute atomic E-state index is 12.4. The molecule has 0 radical (unpaired) electrons. The highest BCUT2D eigenvalue weighted by Gasteiger charge is 2.35. The van der Waals surface area contributed by atoms with Gasteiger partial charge in [-0.05, 0) is 50.3 Å². The molecule has 2 rings (SSSR count). The van der Waals surface area contributed by atoms with Crippen LogP contribution < -0.4 is 0 Å². The smallest absolute Gasteiger partial charge is 0.303 e. The van der Waals surface area contributed by atoms with Crippen molar-refractivity contribution in [2.24, 2.45) is 5.92 Å². The Hall–Kier alpha value is 0.0400. The third-order valence-corrected chi connectivity index (χ3v) is 7.58. The lowest BCUT2D eigenvalue weighted by atomic mass is 10.1. The number of hydrogen-bond donors (Lipinski definition) is 1. The van der Waals surface area contributed by atoms with Crippen molar-refractivity contribution in [1.82, 2.24) is 4.31 Å². The molecule has 0 aromatic carbocycles. The van der Waals surface area contributed by atoms with Crippen molar-refractivity contribution in [1.29, 1.82) is 0 Å². The predicted molar refractivity (Wildman–Crippen MR) is 78.8 cm³/mol. The summed E-state index contributed by atoms with van der Waals surface area (Å²) in [6, 6.07) is 1.56. The first-order chi connectivity index (χ1) is 8.80. The van der Waals surface area contributed by atoms with E-state index in [2.05, 4.69) is 31.9 Å². The maximum Gasteiger partial charge on any atom is 0.303 e. The Balaban J connectivity index is 2.18. The van der Waals surface area contributed by atoms with Crippen LogP contribution in [0.2, 0.25) is 0 Å². The van der Waals surface area contributed by atoms with Crippen molar-refractivity contribution in [2.75, 3.05) is 13.1 Å². The lowest BCUT2D eigenvalue weighted by Crippen LogP contribution is -2.29. The minimum Gasteiger partial charge on any atom is -0.481 e. The highest BCUT2D eigenvalue weighted by molar-refractivity contribution is 9.12. The first kappa shape index (κ1) is 15.4. The van der Waals surface area contributed by atoms with Crippen molar-refractivity contribution < 1.29 is 18.3 Å². The predicted octanol–water partition coefficient (Wildman–Crippen LogP) is 2.76. The summed E-state index contributed by atoms with van der Waals surface area (Å²) in [5.74, 6) is -0.989. The van der Waals surface area contributed by atoms with E-state index in [1.807, 2.05) is 0 Å². The number of halogens is 2. The monoisotopic (exact) mass is 431 g/mol. The van der Waals surface area contributed by atoms with Crippen LogP contribution in [0.3, 0.4) is 0 Å². The van der Waals surface area contributed by atoms with Crippen LogP contribution in [-0.2, 0) is 14.8 Å². The standard InChI is InChI=1S/C10H11Br2NO4S2/c11-8-4-7(10(12)18-8)19(16,17)13-2-1-6(5-13)3-9(14)15/h4,6H,1-3,5H2,(H,14,15). The Kier molecular flexibility index (Phi) is 4.71. The van der Waals surface area contributed by atoms with Crippen LogP contribution in [0, 0.1) is 5.92 Å². The number of rotatable bonds is 4. The maximum atomic E-state index is 12.4. The van der Waals surface area contributed by atoms with Gasteiger partial charge in [0.2, 0.25) is 10.0 Å². The zero-order chi connectivity index (χ0) is 14.2. The average Bonchev–Trinajstić information content (AvgIpc) is 2.85. The van der Waals surface area contributed by atoms with E-state index in [4.69, 9.17) is 5.11 Å². The van der Waals surface area contributed by atoms with Gasteiger partial charge in [0.05, 0.1) is 7.57 Å². The molecule has 1 aromatic heterocycles. The lowest BCUT2D eigenvalue weighted by molar-refractivity contribution is -0.137. The van der Waals surface area contributed by atoms with E-state index in [-0.39, 0.29) is 23.8 Å². The van der Waals surface area contributed by atoms with Crippen molar-refractivity contribution in [2.45, 2.75) is 17.7 Å². The quantitative estimate of drug-likeness (QED) is 0.793. The number of sulfonamides is 1. The van der Waals surface area contributed by atoms with Crippen LogP contribution in [-0.4, -0.2) is 36.9 Å². The van der Waals surface area contributed by atoms with Gasteiger partial charge in [-0.3, -0.25) is 4.79 Å². The van der Waals surface area contributed by atoms with Gasteiger partial charge in [0.25, 0.3) is 0 Å². The van der Waals surface area contributed by atoms with Gasteiger partial charge in [-0.15, -0.1) is 11.3 Å². The number of hydrogen-bond acceptors (Lipinski definition) is 4. The summed E-state index contributed by atoms with van der Waals surface area (Å²) in [6.45, 7) is 0.648. The lowest BCUT2D eigenvalue weighted by Gasteiger charge is -2.15. The summed E-state index contributed by atoms with van der Waals surface area (Å²) in [5, 5.41) is 8.75. The molecule has 2 heterocycles. The summed E-state index contributed by atoms with van der Waals surface area (Å²) >= 11 is 7.80. The van der Waals surface area contributed by atoms with E-state index in [1.165, 1.54) is 15.6 Å². The van der Waals surface area contributed by atoms with Crippen LogP contribution in [0.1, 0.15) is 12.8 Å². The number of nitrogens with zero attached hydrogens (tertiary/aromatic N) is 1. The fraction of sp³-hybridized carbons (Fsp3) is 0.500. The first-order valence-corrected chi connectivity index (χ1v) is 9.31. The van der Waals surface area contributed by atoms with Gasteiger partial charge in [-0.2, -0.15) is 4.31 Å². The fourth-order valence-electron chi connectivity index (χ4n) is 2.07. The van der Waals surface area contributed by atoms with E-state index >= 15 is 0 Å². The second-order valence-corrected chi connectivity index (χ2v) is 9.96. The zero-order valence-corrected chi connectivity index (χ0v) is 14.5. The van der Waals surface area contributed by atoms with Gasteiger partial charge >= 0.3 is 5.97 Å². The number of aliphatic carboxylic acids is 1.